The van der Waals surface area contributed by atoms with Crippen LogP contribution in [0.1, 0.15) is 176 Å². The zero-order valence-electron chi connectivity index (χ0n) is 85.0. The Labute approximate surface area is 876 Å². The SMILES string of the molecule is C=CCOC(=O)N[C@H](C(=O)N[C@@H](C)C(=O)Nc1ccc(COc2cc3c(c4ccccc24)[C@H](CCl)CN3C(=O)Cc2cccc(COc3cc4c(cc3OC)C(=O)N3CCCC[C@H]3C(OC3CCCCO3)N4C(=O)OCC=C)c2)cc1)C(C)C.COc1cc2c(cc1OCc1cccc(CC(=O)N3C[C@@H](CCl)c4c3cc(OCc3ccc(NC(=O)[C@H](C)NC(=O)[C@@H](N)C(C)C)cc3)c3ccccc43)c1)N=C[C@@H]1CCCCN1C2=O. The van der Waals surface area contributed by atoms with Crippen LogP contribution in [0.2, 0.25) is 0 Å². The molecule has 10 atom stereocenters. The Morgan fingerprint density at radius 2 is 0.960 bits per heavy atom. The van der Waals surface area contributed by atoms with E-state index < -0.39 is 66.7 Å². The van der Waals surface area contributed by atoms with Crippen molar-refractivity contribution in [2.75, 3.05) is 97.3 Å². The number of hydrogen-bond donors (Lipinski definition) is 6. The summed E-state index contributed by atoms with van der Waals surface area (Å²) in [5.41, 5.74) is 16.9. The first kappa shape index (κ1) is 107. The second-order valence-electron chi connectivity index (χ2n) is 38.9. The molecule has 10 aromatic rings. The molecular weight excluding hydrogens is 1940 g/mol. The Kier molecular flexibility index (Phi) is 35.6. The van der Waals surface area contributed by atoms with Gasteiger partial charge in [0.2, 0.25) is 35.4 Å². The highest BCUT2D eigenvalue weighted by Crippen LogP contribution is 2.50. The van der Waals surface area contributed by atoms with Crippen LogP contribution in [0.5, 0.6) is 34.5 Å². The number of aliphatic imine (C=N–C) groups is 1. The highest BCUT2D eigenvalue weighted by atomic mass is 35.5. The molecule has 0 radical (unpaired) electrons. The molecule has 3 fully saturated rings. The van der Waals surface area contributed by atoms with Crippen molar-refractivity contribution in [1.29, 1.82) is 0 Å². The minimum absolute atomic E-state index is 0.0117. The van der Waals surface area contributed by atoms with Gasteiger partial charge in [0.15, 0.2) is 35.5 Å². The van der Waals surface area contributed by atoms with E-state index in [-0.39, 0.29) is 135 Å². The van der Waals surface area contributed by atoms with Crippen LogP contribution in [0.15, 0.2) is 212 Å². The number of hydrogen-bond acceptors (Lipinski definition) is 22. The van der Waals surface area contributed by atoms with E-state index >= 15 is 0 Å². The number of nitrogens with two attached hydrogens (primary N) is 1. The summed E-state index contributed by atoms with van der Waals surface area (Å²) < 4.78 is 60.7. The normalized spacial score (nSPS) is 18.3. The number of amides is 10. The maximum Gasteiger partial charge on any atom is 0.416 e. The Bertz CT molecular complexity index is 6660. The predicted molar refractivity (Wildman–Crippen MR) is 573 cm³/mol. The first-order valence-corrected chi connectivity index (χ1v) is 51.8. The summed E-state index contributed by atoms with van der Waals surface area (Å²) >= 11 is 13.3. The van der Waals surface area contributed by atoms with Gasteiger partial charge in [-0.25, -0.2) is 14.5 Å². The summed E-state index contributed by atoms with van der Waals surface area (Å²) in [5, 5.41) is 17.2. The van der Waals surface area contributed by atoms with Crippen LogP contribution in [0.25, 0.3) is 21.5 Å². The van der Waals surface area contributed by atoms with E-state index in [0.29, 0.717) is 114 Å². The fourth-order valence-corrected chi connectivity index (χ4v) is 20.4. The van der Waals surface area contributed by atoms with Gasteiger partial charge in [-0.3, -0.25) is 43.3 Å². The lowest BCUT2D eigenvalue weighted by Gasteiger charge is -2.42. The smallest absolute Gasteiger partial charge is 0.416 e. The Morgan fingerprint density at radius 3 is 1.48 bits per heavy atom. The number of methoxy groups -OCH3 is 2. The Balaban J connectivity index is 0.000000219. The number of rotatable bonds is 37. The fraction of sp³-hybridized carbons (Fsp3) is 0.383. The molecule has 0 saturated carbocycles. The first-order valence-electron chi connectivity index (χ1n) is 50.8. The van der Waals surface area contributed by atoms with Gasteiger partial charge < -0.3 is 99.3 Å². The van der Waals surface area contributed by atoms with Gasteiger partial charge in [-0.05, 0) is 175 Å². The van der Waals surface area contributed by atoms with E-state index in [0.717, 1.165) is 117 Å². The second-order valence-corrected chi connectivity index (χ2v) is 39.5. The molecule has 149 heavy (non-hydrogen) atoms. The minimum atomic E-state index is -0.929. The molecule has 0 bridgehead atoms. The number of alkyl carbamates (subject to hydrolysis) is 1. The van der Waals surface area contributed by atoms with E-state index in [1.807, 2.05) is 163 Å². The number of alkyl halides is 2. The molecule has 17 rings (SSSR count). The topological polar surface area (TPSA) is 378 Å². The Hall–Kier alpha value is -14.6. The number of carbonyl (C=O) groups is 10. The average molecular weight is 2070 g/mol. The molecule has 34 heteroatoms. The lowest BCUT2D eigenvalue weighted by Crippen LogP contribution is -2.57. The van der Waals surface area contributed by atoms with Crippen LogP contribution in [0.3, 0.4) is 0 Å². The van der Waals surface area contributed by atoms with Gasteiger partial charge in [-0.1, -0.05) is 174 Å². The van der Waals surface area contributed by atoms with Crippen molar-refractivity contribution in [3.05, 3.63) is 263 Å². The van der Waals surface area contributed by atoms with E-state index in [2.05, 4.69) is 39.7 Å². The summed E-state index contributed by atoms with van der Waals surface area (Å²) in [6.45, 7) is 20.8. The van der Waals surface area contributed by atoms with E-state index in [1.165, 1.54) is 24.2 Å². The molecule has 3 saturated heterocycles. The van der Waals surface area contributed by atoms with Crippen molar-refractivity contribution in [3.8, 4) is 34.5 Å². The van der Waals surface area contributed by atoms with Crippen LogP contribution in [0.4, 0.5) is 43.7 Å². The molecule has 10 amide bonds. The third-order valence-corrected chi connectivity index (χ3v) is 28.6. The summed E-state index contributed by atoms with van der Waals surface area (Å²) in [7, 11) is 3.05. The molecule has 0 aromatic heterocycles. The lowest BCUT2D eigenvalue weighted by molar-refractivity contribution is -0.198. The number of ether oxygens (including phenoxy) is 10. The molecule has 0 aliphatic carbocycles. The largest absolute Gasteiger partial charge is 0.493 e. The zero-order chi connectivity index (χ0) is 105. The quantitative estimate of drug-likeness (QED) is 0.0156. The molecule has 2 unspecified atom stereocenters. The Morgan fingerprint density at radius 1 is 0.483 bits per heavy atom. The summed E-state index contributed by atoms with van der Waals surface area (Å²) in [4.78, 5) is 148. The number of fused-ring (bicyclic) bond motifs is 10. The number of halogens is 2. The number of piperidine rings is 2. The maximum atomic E-state index is 14.6. The molecule has 0 spiro atoms. The number of nitrogens with zero attached hydrogens (tertiary/aromatic N) is 6. The fourth-order valence-electron chi connectivity index (χ4n) is 19.9. The zero-order valence-corrected chi connectivity index (χ0v) is 86.6. The monoisotopic (exact) mass is 2070 g/mol. The van der Waals surface area contributed by atoms with Gasteiger partial charge in [0, 0.05) is 109 Å². The van der Waals surface area contributed by atoms with Crippen molar-refractivity contribution in [2.24, 2.45) is 22.6 Å². The van der Waals surface area contributed by atoms with Crippen molar-refractivity contribution in [2.45, 2.75) is 199 Å². The third-order valence-electron chi connectivity index (χ3n) is 27.8. The number of anilines is 5. The third kappa shape index (κ3) is 25.2. The summed E-state index contributed by atoms with van der Waals surface area (Å²) in [5.74, 6) is 0.560. The second kappa shape index (κ2) is 49.5. The van der Waals surface area contributed by atoms with Crippen molar-refractivity contribution < 1.29 is 95.3 Å². The first-order chi connectivity index (χ1) is 72.1. The molecule has 7 heterocycles. The van der Waals surface area contributed by atoms with Crippen LogP contribution in [0, 0.1) is 11.8 Å². The van der Waals surface area contributed by atoms with Crippen molar-refractivity contribution in [1.82, 2.24) is 25.8 Å². The van der Waals surface area contributed by atoms with Crippen LogP contribution in [-0.4, -0.2) is 196 Å². The standard InChI is InChI=1S/C64H73ClN6O13.C51H55ClN6O7/c1-7-27-80-63(76)68-58(39(3)4)60(74)66-40(5)59(73)67-45-24-22-41(23-25-45)37-82-52-34-51-57(47-19-10-9-18-46(47)52)44(35-65)36-70(51)55(72)31-42-16-15-17-43(30-42)38-83-54-33-50-48(32-53(54)78-6)61(75)69-26-13-11-20-49(69)62(71(50)64(77)81-28-8-2)84-56-21-12-14-29-79-56;1-30(2)48(53)50(61)55-31(3)49(60)56-36-17-15-32(16-18-36)28-64-43-24-42-47(39-14-6-5-13-38(39)43)35(25-52)27-58(42)46(59)21-33-10-9-11-34(20-33)29-65-45-23-41-40(22-44(45)63-4)51(62)57-19-8-7-12-37(57)26-54-41/h7-10,15-19,22-25,30,32-34,39-40,44,49,56,58,62H,1-2,11-14,20-21,26-29,31,35-38H2,3-6H3,(H,66,74)(H,67,73)(H,68,76);5-6,9-11,13-18,20,22-24,26,30-31,35,37,48H,7-8,12,19,21,25,27-29,53H2,1-4H3,(H,55,61)(H,56,60)/t40-,44+,49-,56?,58-,62?;31-,35+,37-,48-/m00/s1. The van der Waals surface area contributed by atoms with Crippen LogP contribution < -0.4 is 75.4 Å². The van der Waals surface area contributed by atoms with Gasteiger partial charge in [-0.15, -0.1) is 23.2 Å². The van der Waals surface area contributed by atoms with Gasteiger partial charge in [0.1, 0.15) is 69.3 Å². The van der Waals surface area contributed by atoms with E-state index in [4.69, 9.17) is 81.3 Å². The highest BCUT2D eigenvalue weighted by Gasteiger charge is 2.48. The average Bonchev–Trinajstić information content (AvgIpc) is 1.61. The number of carbonyl (C=O) groups excluding carboxylic acids is 10. The van der Waals surface area contributed by atoms with Gasteiger partial charge >= 0.3 is 12.2 Å². The minimum Gasteiger partial charge on any atom is -0.493 e. The molecule has 7 N–H and O–H groups in total. The molecule has 32 nitrogen and oxygen atoms in total. The lowest BCUT2D eigenvalue weighted by atomic mass is 9.95. The van der Waals surface area contributed by atoms with Crippen molar-refractivity contribution >= 4 is 145 Å². The van der Waals surface area contributed by atoms with Crippen molar-refractivity contribution in [3.63, 3.8) is 0 Å². The van der Waals surface area contributed by atoms with Gasteiger partial charge in [0.25, 0.3) is 11.8 Å². The van der Waals surface area contributed by atoms with Crippen LogP contribution in [-0.2, 0) is 87.0 Å². The molecule has 10 aromatic carbocycles. The van der Waals surface area contributed by atoms with E-state index in [1.54, 1.807) is 93.1 Å². The van der Waals surface area contributed by atoms with E-state index in [9.17, 15) is 47.9 Å². The van der Waals surface area contributed by atoms with Gasteiger partial charge in [-0.2, -0.15) is 0 Å². The number of benzene rings is 10. The molecule has 7 aliphatic heterocycles. The molecule has 782 valence electrons. The van der Waals surface area contributed by atoms with Crippen LogP contribution >= 0.6 is 23.2 Å². The van der Waals surface area contributed by atoms with Gasteiger partial charge in [0.05, 0.1) is 79.1 Å². The predicted octanol–water partition coefficient (Wildman–Crippen LogP) is 18.4. The number of nitrogens with one attached hydrogen (secondary N) is 5. The summed E-state index contributed by atoms with van der Waals surface area (Å²) in [6, 6.07) is 52.4. The molecular formula is C115H128Cl2N12O20. The maximum absolute atomic E-state index is 14.6. The molecule has 7 aliphatic rings. The highest BCUT2D eigenvalue weighted by molar-refractivity contribution is 6.20. The summed E-state index contributed by atoms with van der Waals surface area (Å²) in [6.07, 6.45) is 9.68.